The Morgan fingerprint density at radius 2 is 1.75 bits per heavy atom. The lowest BCUT2D eigenvalue weighted by Crippen LogP contribution is -2.19. The van der Waals surface area contributed by atoms with Gasteiger partial charge in [-0.05, 0) is 18.5 Å². The second-order valence-electron chi connectivity index (χ2n) is 4.91. The van der Waals surface area contributed by atoms with E-state index in [4.69, 9.17) is 0 Å². The largest absolute Gasteiger partial charge is 0.340 e. The molecule has 106 valence electrons. The van der Waals surface area contributed by atoms with Crippen LogP contribution in [0.4, 0.5) is 5.95 Å². The van der Waals surface area contributed by atoms with Gasteiger partial charge in [0, 0.05) is 38.1 Å². The van der Waals surface area contributed by atoms with Crippen LogP contribution in [-0.4, -0.2) is 23.6 Å². The molecule has 0 aliphatic carbocycles. The predicted octanol–water partition coefficient (Wildman–Crippen LogP) is 2.61. The number of nitrogens with one attached hydrogen (secondary N) is 1. The van der Waals surface area contributed by atoms with Crippen LogP contribution in [0.15, 0.2) is 42.7 Å². The molecular formula is C16H22N4. The monoisotopic (exact) mass is 270 g/mol. The summed E-state index contributed by atoms with van der Waals surface area (Å²) >= 11 is 0. The molecule has 1 N–H and O–H groups in total. The van der Waals surface area contributed by atoms with Gasteiger partial charge in [0.1, 0.15) is 0 Å². The third-order valence-electron chi connectivity index (χ3n) is 3.05. The first kappa shape index (κ1) is 14.5. The van der Waals surface area contributed by atoms with E-state index in [-0.39, 0.29) is 0 Å². The van der Waals surface area contributed by atoms with Gasteiger partial charge in [-0.25, -0.2) is 9.97 Å². The first-order valence-electron chi connectivity index (χ1n) is 7.06. The van der Waals surface area contributed by atoms with Crippen LogP contribution < -0.4 is 10.2 Å². The highest BCUT2D eigenvalue weighted by molar-refractivity contribution is 5.31. The van der Waals surface area contributed by atoms with Gasteiger partial charge in [-0.15, -0.1) is 0 Å². The van der Waals surface area contributed by atoms with E-state index in [0.29, 0.717) is 0 Å². The van der Waals surface area contributed by atoms with Crippen molar-refractivity contribution in [1.82, 2.24) is 15.3 Å². The number of aromatic nitrogens is 2. The molecule has 1 heterocycles. The standard InChI is InChI=1S/C16H22N4/c1-3-9-17-10-15-11-18-16(19-12-15)20(2)13-14-7-5-4-6-8-14/h4-8,11-12,17H,3,9-10,13H2,1-2H3. The Bertz CT molecular complexity index is 496. The molecule has 0 amide bonds. The van der Waals surface area contributed by atoms with Gasteiger partial charge < -0.3 is 10.2 Å². The molecule has 0 bridgehead atoms. The highest BCUT2D eigenvalue weighted by Gasteiger charge is 2.05. The van der Waals surface area contributed by atoms with E-state index in [1.54, 1.807) is 0 Å². The fraction of sp³-hybridized carbons (Fsp3) is 0.375. The smallest absolute Gasteiger partial charge is 0.225 e. The van der Waals surface area contributed by atoms with Crippen molar-refractivity contribution in [2.75, 3.05) is 18.5 Å². The summed E-state index contributed by atoms with van der Waals surface area (Å²) in [6.45, 7) is 4.82. The van der Waals surface area contributed by atoms with Gasteiger partial charge in [-0.1, -0.05) is 37.3 Å². The zero-order valence-electron chi connectivity index (χ0n) is 12.2. The Hall–Kier alpha value is -1.94. The Morgan fingerprint density at radius 3 is 2.40 bits per heavy atom. The minimum absolute atomic E-state index is 0.757. The maximum absolute atomic E-state index is 4.43. The van der Waals surface area contributed by atoms with Crippen molar-refractivity contribution < 1.29 is 0 Å². The summed E-state index contributed by atoms with van der Waals surface area (Å²) in [6.07, 6.45) is 4.93. The topological polar surface area (TPSA) is 41.1 Å². The first-order valence-corrected chi connectivity index (χ1v) is 7.06. The molecule has 4 nitrogen and oxygen atoms in total. The number of rotatable bonds is 7. The molecule has 0 fully saturated rings. The van der Waals surface area contributed by atoms with Crippen LogP contribution in [0.2, 0.25) is 0 Å². The van der Waals surface area contributed by atoms with Crippen LogP contribution in [0.5, 0.6) is 0 Å². The van der Waals surface area contributed by atoms with Crippen molar-refractivity contribution >= 4 is 5.95 Å². The van der Waals surface area contributed by atoms with E-state index >= 15 is 0 Å². The van der Waals surface area contributed by atoms with Crippen molar-refractivity contribution in [3.63, 3.8) is 0 Å². The van der Waals surface area contributed by atoms with Gasteiger partial charge in [-0.2, -0.15) is 0 Å². The summed E-state index contributed by atoms with van der Waals surface area (Å²) in [5.74, 6) is 0.757. The molecule has 4 heteroatoms. The Morgan fingerprint density at radius 1 is 1.05 bits per heavy atom. The highest BCUT2D eigenvalue weighted by Crippen LogP contribution is 2.09. The Kier molecular flexibility index (Phi) is 5.50. The maximum atomic E-state index is 4.43. The van der Waals surface area contributed by atoms with E-state index < -0.39 is 0 Å². The van der Waals surface area contributed by atoms with Crippen LogP contribution in [0.1, 0.15) is 24.5 Å². The lowest BCUT2D eigenvalue weighted by molar-refractivity contribution is 0.671. The van der Waals surface area contributed by atoms with Crippen molar-refractivity contribution in [3.8, 4) is 0 Å². The second-order valence-corrected chi connectivity index (χ2v) is 4.91. The Balaban J connectivity index is 1.92. The summed E-state index contributed by atoms with van der Waals surface area (Å²) in [5, 5.41) is 3.35. The fourth-order valence-electron chi connectivity index (χ4n) is 1.97. The first-order chi connectivity index (χ1) is 9.79. The van der Waals surface area contributed by atoms with E-state index in [2.05, 4.69) is 39.2 Å². The molecule has 0 aliphatic heterocycles. The molecule has 20 heavy (non-hydrogen) atoms. The Labute approximate surface area is 120 Å². The van der Waals surface area contributed by atoms with Crippen LogP contribution in [-0.2, 0) is 13.1 Å². The second kappa shape index (κ2) is 7.60. The van der Waals surface area contributed by atoms with Gasteiger partial charge in [0.05, 0.1) is 0 Å². The molecule has 0 unspecified atom stereocenters. The number of hydrogen-bond donors (Lipinski definition) is 1. The normalized spacial score (nSPS) is 10.5. The van der Waals surface area contributed by atoms with Gasteiger partial charge in [0.25, 0.3) is 0 Å². The summed E-state index contributed by atoms with van der Waals surface area (Å²) < 4.78 is 0. The molecular weight excluding hydrogens is 248 g/mol. The molecule has 0 saturated heterocycles. The van der Waals surface area contributed by atoms with E-state index in [1.165, 1.54) is 5.56 Å². The number of hydrogen-bond acceptors (Lipinski definition) is 4. The highest BCUT2D eigenvalue weighted by atomic mass is 15.2. The molecule has 2 aromatic rings. The summed E-state index contributed by atoms with van der Waals surface area (Å²) in [7, 11) is 2.01. The molecule has 0 spiro atoms. The number of benzene rings is 1. The van der Waals surface area contributed by atoms with Crippen molar-refractivity contribution in [2.24, 2.45) is 0 Å². The lowest BCUT2D eigenvalue weighted by Gasteiger charge is -2.17. The quantitative estimate of drug-likeness (QED) is 0.785. The van der Waals surface area contributed by atoms with E-state index in [9.17, 15) is 0 Å². The van der Waals surface area contributed by atoms with Gasteiger partial charge in [0.15, 0.2) is 0 Å². The summed E-state index contributed by atoms with van der Waals surface area (Å²) in [6, 6.07) is 10.3. The minimum atomic E-state index is 0.757. The van der Waals surface area contributed by atoms with Crippen LogP contribution >= 0.6 is 0 Å². The zero-order valence-corrected chi connectivity index (χ0v) is 12.2. The average Bonchev–Trinajstić information content (AvgIpc) is 2.49. The molecule has 2 rings (SSSR count). The zero-order chi connectivity index (χ0) is 14.2. The minimum Gasteiger partial charge on any atom is -0.340 e. The third-order valence-corrected chi connectivity index (χ3v) is 3.05. The molecule has 0 atom stereocenters. The van der Waals surface area contributed by atoms with Gasteiger partial charge >= 0.3 is 0 Å². The molecule has 0 saturated carbocycles. The van der Waals surface area contributed by atoms with Crippen molar-refractivity contribution in [3.05, 3.63) is 53.9 Å². The van der Waals surface area contributed by atoms with Crippen LogP contribution in [0.25, 0.3) is 0 Å². The predicted molar refractivity (Wildman–Crippen MR) is 82.6 cm³/mol. The molecule has 1 aromatic carbocycles. The molecule has 1 aromatic heterocycles. The summed E-state index contributed by atoms with van der Waals surface area (Å²) in [5.41, 5.74) is 2.38. The van der Waals surface area contributed by atoms with Crippen molar-refractivity contribution in [2.45, 2.75) is 26.4 Å². The maximum Gasteiger partial charge on any atom is 0.225 e. The van der Waals surface area contributed by atoms with Crippen LogP contribution in [0.3, 0.4) is 0 Å². The number of anilines is 1. The van der Waals surface area contributed by atoms with Gasteiger partial charge in [-0.3, -0.25) is 0 Å². The average molecular weight is 270 g/mol. The number of nitrogens with zero attached hydrogens (tertiary/aromatic N) is 3. The molecule has 0 aliphatic rings. The van der Waals surface area contributed by atoms with Crippen LogP contribution in [0, 0.1) is 0 Å². The van der Waals surface area contributed by atoms with E-state index in [1.807, 2.05) is 37.6 Å². The fourth-order valence-corrected chi connectivity index (χ4v) is 1.97. The van der Waals surface area contributed by atoms with Gasteiger partial charge in [0.2, 0.25) is 5.95 Å². The molecule has 0 radical (unpaired) electrons. The lowest BCUT2D eigenvalue weighted by atomic mass is 10.2. The van der Waals surface area contributed by atoms with E-state index in [0.717, 1.165) is 37.6 Å². The summed E-state index contributed by atoms with van der Waals surface area (Å²) in [4.78, 5) is 10.9. The van der Waals surface area contributed by atoms with Crippen molar-refractivity contribution in [1.29, 1.82) is 0 Å². The SMILES string of the molecule is CCCNCc1cnc(N(C)Cc2ccccc2)nc1. The third kappa shape index (κ3) is 4.31.